The van der Waals surface area contributed by atoms with Crippen LogP contribution < -0.4 is 5.32 Å². The topological polar surface area (TPSA) is 85.8 Å². The average Bonchev–Trinajstić information content (AvgIpc) is 3.39. The Morgan fingerprint density at radius 1 is 1.08 bits per heavy atom. The van der Waals surface area contributed by atoms with Crippen LogP contribution in [0.1, 0.15) is 16.1 Å². The number of carbonyl (C=O) groups excluding carboxylic acids is 1. The fraction of sp³-hybridized carbons (Fsp3) is 0.0526. The Kier molecular flexibility index (Phi) is 4.26. The predicted octanol–water partition coefficient (Wildman–Crippen LogP) is 2.85. The molecule has 4 aromatic rings. The van der Waals surface area contributed by atoms with Crippen LogP contribution in [0.3, 0.4) is 0 Å². The molecule has 0 saturated carbocycles. The molecule has 0 spiro atoms. The molecule has 0 saturated heterocycles. The Morgan fingerprint density at radius 2 is 1.96 bits per heavy atom. The molecule has 26 heavy (non-hydrogen) atoms. The third kappa shape index (κ3) is 3.23. The standard InChI is InChI=1S/C19H15N5O2/c25-19(16-12-17(26-23-16)14-6-2-1-3-7-14)21-13-15-8-4-9-20-18(15)24-11-5-10-22-24/h1-12H,13H2,(H,21,25). The second kappa shape index (κ2) is 7.02. The van der Waals surface area contributed by atoms with Crippen molar-refractivity contribution in [3.63, 3.8) is 0 Å². The lowest BCUT2D eigenvalue weighted by Gasteiger charge is -2.08. The van der Waals surface area contributed by atoms with Gasteiger partial charge in [0.15, 0.2) is 17.3 Å². The molecular formula is C19H15N5O2. The molecule has 1 amide bonds. The number of amides is 1. The maximum absolute atomic E-state index is 12.4. The van der Waals surface area contributed by atoms with Gasteiger partial charge in [-0.2, -0.15) is 5.10 Å². The van der Waals surface area contributed by atoms with Crippen molar-refractivity contribution >= 4 is 5.91 Å². The van der Waals surface area contributed by atoms with Crippen LogP contribution in [-0.4, -0.2) is 25.8 Å². The number of hydrogen-bond donors (Lipinski definition) is 1. The third-order valence-corrected chi connectivity index (χ3v) is 3.83. The second-order valence-corrected chi connectivity index (χ2v) is 5.56. The molecule has 0 bridgehead atoms. The minimum absolute atomic E-state index is 0.230. The van der Waals surface area contributed by atoms with Crippen molar-refractivity contribution in [2.24, 2.45) is 0 Å². The van der Waals surface area contributed by atoms with Gasteiger partial charge in [0.2, 0.25) is 0 Å². The molecule has 0 unspecified atom stereocenters. The molecule has 0 radical (unpaired) electrons. The van der Waals surface area contributed by atoms with E-state index in [4.69, 9.17) is 4.52 Å². The number of aromatic nitrogens is 4. The van der Waals surface area contributed by atoms with Crippen molar-refractivity contribution in [2.75, 3.05) is 0 Å². The molecule has 7 heteroatoms. The Bertz CT molecular complexity index is 1010. The molecule has 1 N–H and O–H groups in total. The number of hydrogen-bond acceptors (Lipinski definition) is 5. The van der Waals surface area contributed by atoms with Crippen LogP contribution in [-0.2, 0) is 6.54 Å². The Balaban J connectivity index is 1.48. The summed E-state index contributed by atoms with van der Waals surface area (Å²) < 4.78 is 6.93. The van der Waals surface area contributed by atoms with E-state index < -0.39 is 0 Å². The van der Waals surface area contributed by atoms with Gasteiger partial charge in [0.05, 0.1) is 0 Å². The lowest BCUT2D eigenvalue weighted by molar-refractivity contribution is 0.0942. The highest BCUT2D eigenvalue weighted by Crippen LogP contribution is 2.19. The Labute approximate surface area is 149 Å². The molecular weight excluding hydrogens is 330 g/mol. The third-order valence-electron chi connectivity index (χ3n) is 3.83. The van der Waals surface area contributed by atoms with Gasteiger partial charge in [-0.15, -0.1) is 0 Å². The quantitative estimate of drug-likeness (QED) is 0.601. The second-order valence-electron chi connectivity index (χ2n) is 5.56. The summed E-state index contributed by atoms with van der Waals surface area (Å²) in [6.07, 6.45) is 5.17. The van der Waals surface area contributed by atoms with Gasteiger partial charge in [0.25, 0.3) is 5.91 Å². The Morgan fingerprint density at radius 3 is 2.77 bits per heavy atom. The summed E-state index contributed by atoms with van der Waals surface area (Å²) in [6, 6.07) is 16.7. The highest BCUT2D eigenvalue weighted by Gasteiger charge is 2.14. The first-order valence-corrected chi connectivity index (χ1v) is 8.05. The van der Waals surface area contributed by atoms with Gasteiger partial charge in [0.1, 0.15) is 0 Å². The molecule has 0 fully saturated rings. The van der Waals surface area contributed by atoms with E-state index in [0.29, 0.717) is 18.1 Å². The van der Waals surface area contributed by atoms with E-state index in [9.17, 15) is 4.79 Å². The van der Waals surface area contributed by atoms with E-state index in [1.165, 1.54) is 0 Å². The average molecular weight is 345 g/mol. The number of benzene rings is 1. The fourth-order valence-corrected chi connectivity index (χ4v) is 2.56. The number of nitrogens with one attached hydrogen (secondary N) is 1. The van der Waals surface area contributed by atoms with Gasteiger partial charge in [0, 0.05) is 42.3 Å². The lowest BCUT2D eigenvalue weighted by atomic mass is 10.1. The van der Waals surface area contributed by atoms with Crippen LogP contribution in [0.25, 0.3) is 17.1 Å². The predicted molar refractivity (Wildman–Crippen MR) is 94.5 cm³/mol. The van der Waals surface area contributed by atoms with E-state index >= 15 is 0 Å². The molecule has 0 aliphatic carbocycles. The zero-order valence-corrected chi connectivity index (χ0v) is 13.7. The molecule has 0 aliphatic heterocycles. The molecule has 4 rings (SSSR count). The first-order chi connectivity index (χ1) is 12.8. The number of nitrogens with zero attached hydrogens (tertiary/aromatic N) is 4. The fourth-order valence-electron chi connectivity index (χ4n) is 2.56. The minimum Gasteiger partial charge on any atom is -0.355 e. The highest BCUT2D eigenvalue weighted by atomic mass is 16.5. The first-order valence-electron chi connectivity index (χ1n) is 8.05. The van der Waals surface area contributed by atoms with Crippen LogP contribution in [0, 0.1) is 0 Å². The molecule has 3 aromatic heterocycles. The van der Waals surface area contributed by atoms with E-state index in [1.807, 2.05) is 48.5 Å². The Hall–Kier alpha value is -3.74. The zero-order valence-electron chi connectivity index (χ0n) is 13.7. The van der Waals surface area contributed by atoms with Crippen molar-refractivity contribution in [1.29, 1.82) is 0 Å². The maximum atomic E-state index is 12.4. The van der Waals surface area contributed by atoms with Crippen LogP contribution in [0.5, 0.6) is 0 Å². The molecule has 3 heterocycles. The monoisotopic (exact) mass is 345 g/mol. The number of carbonyl (C=O) groups is 1. The van der Waals surface area contributed by atoms with Gasteiger partial charge < -0.3 is 9.84 Å². The lowest BCUT2D eigenvalue weighted by Crippen LogP contribution is -2.24. The highest BCUT2D eigenvalue weighted by molar-refractivity contribution is 5.93. The summed E-state index contributed by atoms with van der Waals surface area (Å²) >= 11 is 0. The summed E-state index contributed by atoms with van der Waals surface area (Å²) in [5, 5.41) is 10.9. The molecule has 0 atom stereocenters. The van der Waals surface area contributed by atoms with Crippen molar-refractivity contribution in [3.8, 4) is 17.1 Å². The summed E-state index contributed by atoms with van der Waals surface area (Å²) in [4.78, 5) is 16.7. The van der Waals surface area contributed by atoms with Crippen molar-refractivity contribution < 1.29 is 9.32 Å². The van der Waals surface area contributed by atoms with Crippen molar-refractivity contribution in [3.05, 3.63) is 84.4 Å². The summed E-state index contributed by atoms with van der Waals surface area (Å²) in [5.74, 6) is 0.906. The minimum atomic E-state index is -0.314. The van der Waals surface area contributed by atoms with Crippen LogP contribution >= 0.6 is 0 Å². The van der Waals surface area contributed by atoms with E-state index in [2.05, 4.69) is 20.6 Å². The molecule has 7 nitrogen and oxygen atoms in total. The largest absolute Gasteiger partial charge is 0.355 e. The van der Waals surface area contributed by atoms with Gasteiger partial charge in [-0.3, -0.25) is 4.79 Å². The maximum Gasteiger partial charge on any atom is 0.273 e. The summed E-state index contributed by atoms with van der Waals surface area (Å²) in [7, 11) is 0. The van der Waals surface area contributed by atoms with Crippen LogP contribution in [0.2, 0.25) is 0 Å². The van der Waals surface area contributed by atoms with Gasteiger partial charge in [-0.1, -0.05) is 41.6 Å². The molecule has 1 aromatic carbocycles. The zero-order chi connectivity index (χ0) is 17.8. The van der Waals surface area contributed by atoms with Gasteiger partial charge in [-0.25, -0.2) is 9.67 Å². The van der Waals surface area contributed by atoms with Gasteiger partial charge in [-0.05, 0) is 12.1 Å². The smallest absolute Gasteiger partial charge is 0.273 e. The van der Waals surface area contributed by atoms with E-state index in [1.54, 1.807) is 29.3 Å². The van der Waals surface area contributed by atoms with Crippen LogP contribution in [0.4, 0.5) is 0 Å². The first kappa shape index (κ1) is 15.8. The summed E-state index contributed by atoms with van der Waals surface area (Å²) in [6.45, 7) is 0.301. The molecule has 0 aliphatic rings. The summed E-state index contributed by atoms with van der Waals surface area (Å²) in [5.41, 5.74) is 1.94. The van der Waals surface area contributed by atoms with Crippen molar-refractivity contribution in [2.45, 2.75) is 6.54 Å². The SMILES string of the molecule is O=C(NCc1cccnc1-n1cccn1)c1cc(-c2ccccc2)on1. The molecule has 128 valence electrons. The van der Waals surface area contributed by atoms with Crippen LogP contribution in [0.15, 0.2) is 77.7 Å². The van der Waals surface area contributed by atoms with E-state index in [-0.39, 0.29) is 11.6 Å². The van der Waals surface area contributed by atoms with E-state index in [0.717, 1.165) is 11.1 Å². The normalized spacial score (nSPS) is 10.6. The van der Waals surface area contributed by atoms with Crippen molar-refractivity contribution in [1.82, 2.24) is 25.2 Å². The number of pyridine rings is 1. The number of rotatable bonds is 5. The van der Waals surface area contributed by atoms with Gasteiger partial charge >= 0.3 is 0 Å².